The molecule has 0 aliphatic heterocycles. The summed E-state index contributed by atoms with van der Waals surface area (Å²) in [6.07, 6.45) is 0. The van der Waals surface area contributed by atoms with Crippen LogP contribution in [0.5, 0.6) is 0 Å². The highest BCUT2D eigenvalue weighted by Crippen LogP contribution is 2.28. The van der Waals surface area contributed by atoms with Crippen molar-refractivity contribution in [1.82, 2.24) is 4.98 Å². The molecule has 0 saturated heterocycles. The van der Waals surface area contributed by atoms with Gasteiger partial charge in [0.25, 0.3) is 0 Å². The Hall–Kier alpha value is -3.10. The van der Waals surface area contributed by atoms with E-state index in [0.29, 0.717) is 10.6 Å². The first-order valence-electron chi connectivity index (χ1n) is 8.54. The first-order valence-corrected chi connectivity index (χ1v) is 9.53. The van der Waals surface area contributed by atoms with Crippen LogP contribution in [0.1, 0.15) is 16.8 Å². The second-order valence-electron chi connectivity index (χ2n) is 6.06. The van der Waals surface area contributed by atoms with E-state index in [1.165, 1.54) is 11.8 Å². The van der Waals surface area contributed by atoms with E-state index < -0.39 is 0 Å². The van der Waals surface area contributed by atoms with Crippen LogP contribution in [0.15, 0.2) is 71.8 Å². The third kappa shape index (κ3) is 4.36. The van der Waals surface area contributed by atoms with E-state index in [4.69, 9.17) is 0 Å². The Labute approximate surface area is 163 Å². The molecule has 0 radical (unpaired) electrons. The Kier molecular flexibility index (Phi) is 5.90. The number of pyridine rings is 1. The van der Waals surface area contributed by atoms with E-state index in [0.717, 1.165) is 22.6 Å². The lowest BCUT2D eigenvalue weighted by Crippen LogP contribution is -2.27. The molecule has 1 aromatic heterocycles. The Morgan fingerprint density at radius 3 is 2.11 bits per heavy atom. The number of nitriles is 1. The molecule has 2 aromatic carbocycles. The van der Waals surface area contributed by atoms with Gasteiger partial charge in [0.1, 0.15) is 11.1 Å². The van der Waals surface area contributed by atoms with Crippen LogP contribution in [0, 0.1) is 25.2 Å². The summed E-state index contributed by atoms with van der Waals surface area (Å²) in [7, 11) is 0. The molecule has 0 spiro atoms. The number of nitrogens with zero attached hydrogens (tertiary/aromatic N) is 3. The van der Waals surface area contributed by atoms with E-state index >= 15 is 0 Å². The van der Waals surface area contributed by atoms with Gasteiger partial charge in [-0.3, -0.25) is 9.69 Å². The van der Waals surface area contributed by atoms with Crippen molar-refractivity contribution in [3.63, 3.8) is 0 Å². The maximum Gasteiger partial charge on any atom is 0.241 e. The minimum atomic E-state index is -0.0674. The zero-order valence-corrected chi connectivity index (χ0v) is 16.0. The molecule has 3 rings (SSSR count). The highest BCUT2D eigenvalue weighted by molar-refractivity contribution is 8.00. The molecule has 3 aromatic rings. The number of aromatic nitrogens is 1. The monoisotopic (exact) mass is 373 g/mol. The average Bonchev–Trinajstić information content (AvgIpc) is 2.68. The summed E-state index contributed by atoms with van der Waals surface area (Å²) in [5.74, 6) is 0.121. The molecule has 5 heteroatoms. The molecule has 27 heavy (non-hydrogen) atoms. The predicted octanol–water partition coefficient (Wildman–Crippen LogP) is 5.03. The van der Waals surface area contributed by atoms with Crippen molar-refractivity contribution in [3.8, 4) is 6.07 Å². The number of rotatable bonds is 5. The van der Waals surface area contributed by atoms with Gasteiger partial charge in [-0.2, -0.15) is 5.26 Å². The van der Waals surface area contributed by atoms with Crippen molar-refractivity contribution < 1.29 is 4.79 Å². The van der Waals surface area contributed by atoms with Crippen LogP contribution in [-0.2, 0) is 4.79 Å². The summed E-state index contributed by atoms with van der Waals surface area (Å²) in [6, 6.07) is 23.2. The Bertz CT molecular complexity index is 942. The summed E-state index contributed by atoms with van der Waals surface area (Å²) in [4.78, 5) is 19.2. The normalized spacial score (nSPS) is 10.3. The first-order chi connectivity index (χ1) is 13.1. The molecule has 0 N–H and O–H groups in total. The highest BCUT2D eigenvalue weighted by atomic mass is 32.2. The molecule has 134 valence electrons. The number of carbonyl (C=O) groups excluding carboxylic acids is 1. The Balaban J connectivity index is 1.88. The van der Waals surface area contributed by atoms with E-state index in [1.54, 1.807) is 4.90 Å². The van der Waals surface area contributed by atoms with Gasteiger partial charge in [-0.25, -0.2) is 4.98 Å². The highest BCUT2D eigenvalue weighted by Gasteiger charge is 2.19. The number of benzene rings is 2. The summed E-state index contributed by atoms with van der Waals surface area (Å²) in [6.45, 7) is 3.78. The van der Waals surface area contributed by atoms with Crippen LogP contribution in [0.25, 0.3) is 0 Å². The van der Waals surface area contributed by atoms with Crippen molar-refractivity contribution >= 4 is 29.0 Å². The van der Waals surface area contributed by atoms with Crippen molar-refractivity contribution in [2.75, 3.05) is 10.7 Å². The van der Waals surface area contributed by atoms with Crippen molar-refractivity contribution in [3.05, 3.63) is 83.6 Å². The fourth-order valence-corrected chi connectivity index (χ4v) is 3.78. The average molecular weight is 373 g/mol. The van der Waals surface area contributed by atoms with Crippen LogP contribution >= 0.6 is 11.8 Å². The molecule has 0 bridgehead atoms. The van der Waals surface area contributed by atoms with Gasteiger partial charge < -0.3 is 0 Å². The molecule has 1 heterocycles. The van der Waals surface area contributed by atoms with Crippen molar-refractivity contribution in [2.24, 2.45) is 0 Å². The molecule has 0 unspecified atom stereocenters. The van der Waals surface area contributed by atoms with Gasteiger partial charge in [0, 0.05) is 17.1 Å². The molecule has 4 nitrogen and oxygen atoms in total. The van der Waals surface area contributed by atoms with Crippen LogP contribution in [0.2, 0.25) is 0 Å². The number of amides is 1. The summed E-state index contributed by atoms with van der Waals surface area (Å²) in [5.41, 5.74) is 3.86. The maximum absolute atomic E-state index is 13.1. The number of para-hydroxylation sites is 2. The lowest BCUT2D eigenvalue weighted by atomic mass is 10.1. The van der Waals surface area contributed by atoms with Crippen LogP contribution in [0.4, 0.5) is 11.4 Å². The zero-order valence-electron chi connectivity index (χ0n) is 15.2. The molecular weight excluding hydrogens is 354 g/mol. The largest absolute Gasteiger partial charge is 0.280 e. The zero-order chi connectivity index (χ0) is 19.2. The molecular formula is C22H19N3OS. The smallest absolute Gasteiger partial charge is 0.241 e. The van der Waals surface area contributed by atoms with Gasteiger partial charge >= 0.3 is 0 Å². The van der Waals surface area contributed by atoms with Crippen LogP contribution in [-0.4, -0.2) is 16.6 Å². The van der Waals surface area contributed by atoms with E-state index in [1.807, 2.05) is 80.6 Å². The number of anilines is 2. The summed E-state index contributed by atoms with van der Waals surface area (Å²) < 4.78 is 0. The fraction of sp³-hybridized carbons (Fsp3) is 0.136. The first kappa shape index (κ1) is 18.7. The number of hydrogen-bond donors (Lipinski definition) is 0. The van der Waals surface area contributed by atoms with Gasteiger partial charge in [0.05, 0.1) is 11.3 Å². The van der Waals surface area contributed by atoms with Gasteiger partial charge in [-0.1, -0.05) is 48.2 Å². The van der Waals surface area contributed by atoms with E-state index in [2.05, 4.69) is 11.1 Å². The topological polar surface area (TPSA) is 57.0 Å². The van der Waals surface area contributed by atoms with Gasteiger partial charge in [-0.15, -0.1) is 0 Å². The van der Waals surface area contributed by atoms with Gasteiger partial charge in [-0.05, 0) is 49.7 Å². The van der Waals surface area contributed by atoms with E-state index in [-0.39, 0.29) is 11.7 Å². The minimum Gasteiger partial charge on any atom is -0.280 e. The van der Waals surface area contributed by atoms with Gasteiger partial charge in [0.15, 0.2) is 0 Å². The van der Waals surface area contributed by atoms with Gasteiger partial charge in [0.2, 0.25) is 5.91 Å². The molecule has 0 saturated carbocycles. The third-order valence-corrected chi connectivity index (χ3v) is 4.99. The third-order valence-electron chi connectivity index (χ3n) is 4.03. The molecule has 1 amide bonds. The Morgan fingerprint density at radius 2 is 1.59 bits per heavy atom. The number of carbonyl (C=O) groups is 1. The second-order valence-corrected chi connectivity index (χ2v) is 7.03. The molecule has 0 aliphatic rings. The standard InChI is InChI=1S/C22H19N3OS/c1-16-13-17(2)24-22(20(16)14-23)27-15-21(26)25(18-9-5-3-6-10-18)19-11-7-4-8-12-19/h3-13H,15H2,1-2H3. The SMILES string of the molecule is Cc1cc(C)c(C#N)c(SCC(=O)N(c2ccccc2)c2ccccc2)n1. The fourth-order valence-electron chi connectivity index (χ4n) is 2.83. The lowest BCUT2D eigenvalue weighted by molar-refractivity contribution is -0.115. The molecule has 0 aliphatic carbocycles. The summed E-state index contributed by atoms with van der Waals surface area (Å²) >= 11 is 1.30. The minimum absolute atomic E-state index is 0.0674. The van der Waals surface area contributed by atoms with Crippen molar-refractivity contribution in [2.45, 2.75) is 18.9 Å². The van der Waals surface area contributed by atoms with Crippen LogP contribution < -0.4 is 4.90 Å². The number of aryl methyl sites for hydroxylation is 2. The maximum atomic E-state index is 13.1. The lowest BCUT2D eigenvalue weighted by Gasteiger charge is -2.23. The quantitative estimate of drug-likeness (QED) is 0.589. The second kappa shape index (κ2) is 8.52. The molecule has 0 fully saturated rings. The number of thioether (sulfide) groups is 1. The Morgan fingerprint density at radius 1 is 1.04 bits per heavy atom. The van der Waals surface area contributed by atoms with Crippen molar-refractivity contribution in [1.29, 1.82) is 5.26 Å². The summed E-state index contributed by atoms with van der Waals surface area (Å²) in [5, 5.41) is 10.0. The van der Waals surface area contributed by atoms with E-state index in [9.17, 15) is 10.1 Å². The number of hydrogen-bond acceptors (Lipinski definition) is 4. The van der Waals surface area contributed by atoms with Crippen LogP contribution in [0.3, 0.4) is 0 Å². The molecule has 0 atom stereocenters. The predicted molar refractivity (Wildman–Crippen MR) is 109 cm³/mol.